The zero-order chi connectivity index (χ0) is 15.6. The highest BCUT2D eigenvalue weighted by atomic mass is 19.4. The zero-order valence-corrected chi connectivity index (χ0v) is 11.7. The first-order valence-electron chi connectivity index (χ1n) is 6.44. The van der Waals surface area contributed by atoms with E-state index in [2.05, 4.69) is 25.1 Å². The monoisotopic (exact) mass is 298 g/mol. The second kappa shape index (κ2) is 5.58. The Bertz CT molecular complexity index is 765. The molecule has 3 rings (SSSR count). The van der Waals surface area contributed by atoms with Crippen molar-refractivity contribution < 1.29 is 13.2 Å². The van der Waals surface area contributed by atoms with Crippen LogP contribution in [0.25, 0.3) is 16.9 Å². The summed E-state index contributed by atoms with van der Waals surface area (Å²) in [6.07, 6.45) is -1.52. The van der Waals surface area contributed by atoms with E-state index in [9.17, 15) is 13.2 Å². The molecular formula is C12H13F3N6. The SMILES string of the molecule is CC.CCc1nc2nccnc2n2c(C(F)(F)F)nnc12. The summed E-state index contributed by atoms with van der Waals surface area (Å²) in [5, 5.41) is 6.77. The minimum Gasteiger partial charge on any atom is -0.250 e. The number of halogens is 3. The summed E-state index contributed by atoms with van der Waals surface area (Å²) in [7, 11) is 0. The van der Waals surface area contributed by atoms with Gasteiger partial charge in [-0.2, -0.15) is 13.2 Å². The fraction of sp³-hybridized carbons (Fsp3) is 0.417. The topological polar surface area (TPSA) is 68.9 Å². The maximum Gasteiger partial charge on any atom is 0.452 e. The van der Waals surface area contributed by atoms with Gasteiger partial charge in [0, 0.05) is 12.4 Å². The van der Waals surface area contributed by atoms with Gasteiger partial charge in [-0.3, -0.25) is 4.40 Å². The lowest BCUT2D eigenvalue weighted by Crippen LogP contribution is -2.13. The van der Waals surface area contributed by atoms with Crippen molar-refractivity contribution >= 4 is 16.9 Å². The molecule has 0 atom stereocenters. The molecule has 0 aliphatic rings. The van der Waals surface area contributed by atoms with Crippen LogP contribution >= 0.6 is 0 Å². The molecular weight excluding hydrogens is 285 g/mol. The Balaban J connectivity index is 0.000000774. The molecule has 0 saturated carbocycles. The van der Waals surface area contributed by atoms with E-state index in [-0.39, 0.29) is 16.9 Å². The van der Waals surface area contributed by atoms with E-state index in [0.29, 0.717) is 12.1 Å². The summed E-state index contributed by atoms with van der Waals surface area (Å²) in [5.41, 5.74) is 0.586. The summed E-state index contributed by atoms with van der Waals surface area (Å²) in [4.78, 5) is 12.0. The summed E-state index contributed by atoms with van der Waals surface area (Å²) >= 11 is 0. The Labute approximate surface area is 118 Å². The first kappa shape index (κ1) is 15.1. The quantitative estimate of drug-likeness (QED) is 0.691. The minimum atomic E-state index is -4.61. The Kier molecular flexibility index (Phi) is 4.01. The highest BCUT2D eigenvalue weighted by molar-refractivity contribution is 5.70. The van der Waals surface area contributed by atoms with Gasteiger partial charge >= 0.3 is 6.18 Å². The molecule has 0 aliphatic heterocycles. The average Bonchev–Trinajstić information content (AvgIpc) is 2.94. The summed E-state index contributed by atoms with van der Waals surface area (Å²) in [6, 6.07) is 0. The maximum absolute atomic E-state index is 12.9. The van der Waals surface area contributed by atoms with Crippen molar-refractivity contribution in [3.05, 3.63) is 23.9 Å². The lowest BCUT2D eigenvalue weighted by Gasteiger charge is -2.07. The molecule has 0 radical (unpaired) electrons. The van der Waals surface area contributed by atoms with Gasteiger partial charge in [0.2, 0.25) is 5.82 Å². The number of aryl methyl sites for hydroxylation is 1. The van der Waals surface area contributed by atoms with Gasteiger partial charge in [0.1, 0.15) is 0 Å². The van der Waals surface area contributed by atoms with E-state index in [1.807, 2.05) is 13.8 Å². The number of aromatic nitrogens is 6. The number of rotatable bonds is 1. The molecule has 9 heteroatoms. The number of fused-ring (bicyclic) bond motifs is 3. The van der Waals surface area contributed by atoms with Crippen molar-refractivity contribution in [3.63, 3.8) is 0 Å². The van der Waals surface area contributed by atoms with E-state index < -0.39 is 12.0 Å². The van der Waals surface area contributed by atoms with Crippen LogP contribution in [-0.2, 0) is 12.6 Å². The molecule has 0 aliphatic carbocycles. The van der Waals surface area contributed by atoms with Crippen LogP contribution in [0, 0.1) is 0 Å². The second-order valence-electron chi connectivity index (χ2n) is 3.80. The van der Waals surface area contributed by atoms with Gasteiger partial charge in [-0.05, 0) is 6.42 Å². The van der Waals surface area contributed by atoms with E-state index in [4.69, 9.17) is 0 Å². The predicted molar refractivity (Wildman–Crippen MR) is 69.6 cm³/mol. The fourth-order valence-corrected chi connectivity index (χ4v) is 1.83. The van der Waals surface area contributed by atoms with Crippen LogP contribution in [0.5, 0.6) is 0 Å². The molecule has 0 aromatic carbocycles. The van der Waals surface area contributed by atoms with Gasteiger partial charge in [-0.25, -0.2) is 15.0 Å². The van der Waals surface area contributed by atoms with Gasteiger partial charge in [-0.1, -0.05) is 20.8 Å². The number of hydrogen-bond donors (Lipinski definition) is 0. The first-order valence-corrected chi connectivity index (χ1v) is 6.44. The van der Waals surface area contributed by atoms with Gasteiger partial charge in [0.25, 0.3) is 0 Å². The van der Waals surface area contributed by atoms with Crippen molar-refractivity contribution in [1.29, 1.82) is 0 Å². The standard InChI is InChI=1S/C10H7F3N6.C2H6/c1-2-5-7-17-18-9(10(11,12)13)19(7)8-6(16-5)14-3-4-15-8;1-2/h3-4H,2H2,1H3;1-2H3. The van der Waals surface area contributed by atoms with Crippen molar-refractivity contribution in [2.45, 2.75) is 33.4 Å². The normalized spacial score (nSPS) is 11.5. The molecule has 6 nitrogen and oxygen atoms in total. The average molecular weight is 298 g/mol. The van der Waals surface area contributed by atoms with E-state index in [0.717, 1.165) is 4.40 Å². The van der Waals surface area contributed by atoms with Gasteiger partial charge < -0.3 is 0 Å². The van der Waals surface area contributed by atoms with Crippen LogP contribution in [0.1, 0.15) is 32.3 Å². The van der Waals surface area contributed by atoms with E-state index >= 15 is 0 Å². The fourth-order valence-electron chi connectivity index (χ4n) is 1.83. The maximum atomic E-state index is 12.9. The molecule has 0 unspecified atom stereocenters. The Morgan fingerprint density at radius 1 is 1.05 bits per heavy atom. The molecule has 0 spiro atoms. The lowest BCUT2D eigenvalue weighted by molar-refractivity contribution is -0.145. The molecule has 0 N–H and O–H groups in total. The van der Waals surface area contributed by atoms with Crippen LogP contribution in [-0.4, -0.2) is 29.5 Å². The number of alkyl halides is 3. The van der Waals surface area contributed by atoms with Crippen LogP contribution in [0.2, 0.25) is 0 Å². The molecule has 0 fully saturated rings. The molecule has 0 bridgehead atoms. The lowest BCUT2D eigenvalue weighted by atomic mass is 10.3. The Morgan fingerprint density at radius 2 is 1.71 bits per heavy atom. The van der Waals surface area contributed by atoms with Gasteiger partial charge in [-0.15, -0.1) is 10.2 Å². The first-order chi connectivity index (χ1) is 10.0. The van der Waals surface area contributed by atoms with Crippen molar-refractivity contribution in [2.75, 3.05) is 0 Å². The largest absolute Gasteiger partial charge is 0.452 e. The van der Waals surface area contributed by atoms with Crippen LogP contribution in [0.15, 0.2) is 12.4 Å². The van der Waals surface area contributed by atoms with E-state index in [1.54, 1.807) is 6.92 Å². The highest BCUT2D eigenvalue weighted by Crippen LogP contribution is 2.29. The molecule has 3 heterocycles. The molecule has 21 heavy (non-hydrogen) atoms. The summed E-state index contributed by atoms with van der Waals surface area (Å²) < 4.78 is 39.6. The number of hydrogen-bond acceptors (Lipinski definition) is 5. The molecule has 0 amide bonds. The van der Waals surface area contributed by atoms with E-state index in [1.165, 1.54) is 12.4 Å². The van der Waals surface area contributed by atoms with Crippen LogP contribution < -0.4 is 0 Å². The molecule has 0 saturated heterocycles. The van der Waals surface area contributed by atoms with Gasteiger partial charge in [0.15, 0.2) is 16.9 Å². The summed E-state index contributed by atoms with van der Waals surface area (Å²) in [6.45, 7) is 5.77. The minimum absolute atomic E-state index is 0.00738. The third kappa shape index (κ3) is 2.50. The third-order valence-corrected chi connectivity index (χ3v) is 2.62. The van der Waals surface area contributed by atoms with Crippen LogP contribution in [0.4, 0.5) is 13.2 Å². The zero-order valence-electron chi connectivity index (χ0n) is 11.7. The van der Waals surface area contributed by atoms with Gasteiger partial charge in [0.05, 0.1) is 5.69 Å². The molecule has 3 aromatic heterocycles. The number of nitrogens with zero attached hydrogens (tertiary/aromatic N) is 6. The predicted octanol–water partition coefficient (Wildman–Crippen LogP) is 2.67. The third-order valence-electron chi connectivity index (χ3n) is 2.62. The Morgan fingerprint density at radius 3 is 2.33 bits per heavy atom. The van der Waals surface area contributed by atoms with Crippen molar-refractivity contribution in [1.82, 2.24) is 29.5 Å². The Hall–Kier alpha value is -2.32. The van der Waals surface area contributed by atoms with Crippen LogP contribution in [0.3, 0.4) is 0 Å². The van der Waals surface area contributed by atoms with Crippen molar-refractivity contribution in [2.24, 2.45) is 0 Å². The second-order valence-corrected chi connectivity index (χ2v) is 3.80. The molecule has 3 aromatic rings. The smallest absolute Gasteiger partial charge is 0.250 e. The molecule has 112 valence electrons. The van der Waals surface area contributed by atoms with Crippen molar-refractivity contribution in [3.8, 4) is 0 Å². The summed E-state index contributed by atoms with van der Waals surface area (Å²) in [5.74, 6) is -1.12. The highest BCUT2D eigenvalue weighted by Gasteiger charge is 2.38.